The molecule has 2 aromatic carbocycles. The van der Waals surface area contributed by atoms with Crippen molar-refractivity contribution in [2.75, 3.05) is 11.1 Å². The van der Waals surface area contributed by atoms with Gasteiger partial charge in [-0.1, -0.05) is 36.8 Å². The number of carbonyl (C=O) groups is 2. The molecule has 0 aliphatic carbocycles. The second kappa shape index (κ2) is 8.56. The van der Waals surface area contributed by atoms with Gasteiger partial charge in [0.25, 0.3) is 5.91 Å². The molecule has 1 atom stereocenters. The number of rotatable bonds is 6. The van der Waals surface area contributed by atoms with E-state index in [1.54, 1.807) is 12.1 Å². The Morgan fingerprint density at radius 3 is 2.21 bits per heavy atom. The van der Waals surface area contributed by atoms with Crippen molar-refractivity contribution in [2.24, 2.45) is 0 Å². The molecule has 150 valence electrons. The highest BCUT2D eigenvalue weighted by Crippen LogP contribution is 2.23. The summed E-state index contributed by atoms with van der Waals surface area (Å²) in [5.74, 6) is -1.48. The molecule has 0 fully saturated rings. The fourth-order valence-electron chi connectivity index (χ4n) is 2.94. The standard InChI is InChI=1S/C21H25NO5S/c1-6-28(25,26)18-10-8-7-9-17(18)21(24)27-16(5)20(23)22-19-14(3)11-13(2)12-15(19)4/h7-12,16H,6H2,1-5H3,(H,22,23)/t16-/m1/s1. The largest absolute Gasteiger partial charge is 0.449 e. The van der Waals surface area contributed by atoms with E-state index >= 15 is 0 Å². The lowest BCUT2D eigenvalue weighted by Gasteiger charge is -2.17. The third-order valence-corrected chi connectivity index (χ3v) is 6.19. The molecule has 1 amide bonds. The molecule has 6 nitrogen and oxygen atoms in total. The summed E-state index contributed by atoms with van der Waals surface area (Å²) in [7, 11) is -3.60. The number of hydrogen-bond acceptors (Lipinski definition) is 5. The van der Waals surface area contributed by atoms with Gasteiger partial charge in [-0.15, -0.1) is 0 Å². The van der Waals surface area contributed by atoms with Gasteiger partial charge < -0.3 is 10.1 Å². The summed E-state index contributed by atoms with van der Waals surface area (Å²) in [5, 5.41) is 2.78. The van der Waals surface area contributed by atoms with E-state index in [-0.39, 0.29) is 16.2 Å². The van der Waals surface area contributed by atoms with E-state index in [2.05, 4.69) is 5.32 Å². The zero-order valence-electron chi connectivity index (χ0n) is 16.7. The van der Waals surface area contributed by atoms with Gasteiger partial charge in [-0.2, -0.15) is 0 Å². The van der Waals surface area contributed by atoms with E-state index < -0.39 is 27.8 Å². The van der Waals surface area contributed by atoms with E-state index in [1.807, 2.05) is 32.9 Å². The Hall–Kier alpha value is -2.67. The average Bonchev–Trinajstić information content (AvgIpc) is 2.64. The van der Waals surface area contributed by atoms with Crippen LogP contribution in [-0.2, 0) is 19.4 Å². The molecular formula is C21H25NO5S. The molecule has 1 N–H and O–H groups in total. The van der Waals surface area contributed by atoms with Crippen LogP contribution in [0.25, 0.3) is 0 Å². The number of anilines is 1. The van der Waals surface area contributed by atoms with Gasteiger partial charge in [0.1, 0.15) is 0 Å². The first-order valence-corrected chi connectivity index (χ1v) is 10.6. The fourth-order valence-corrected chi connectivity index (χ4v) is 4.02. The monoisotopic (exact) mass is 403 g/mol. The average molecular weight is 404 g/mol. The minimum absolute atomic E-state index is 0.0771. The number of aryl methyl sites for hydroxylation is 3. The van der Waals surface area contributed by atoms with E-state index in [9.17, 15) is 18.0 Å². The van der Waals surface area contributed by atoms with Crippen LogP contribution < -0.4 is 5.32 Å². The van der Waals surface area contributed by atoms with Gasteiger partial charge in [0, 0.05) is 5.69 Å². The molecule has 2 aromatic rings. The quantitative estimate of drug-likeness (QED) is 0.745. The molecule has 7 heteroatoms. The highest BCUT2D eigenvalue weighted by molar-refractivity contribution is 7.91. The van der Waals surface area contributed by atoms with Gasteiger partial charge in [0.15, 0.2) is 15.9 Å². The molecule has 0 radical (unpaired) electrons. The molecule has 0 spiro atoms. The Morgan fingerprint density at radius 1 is 1.07 bits per heavy atom. The molecule has 2 rings (SSSR count). The molecule has 0 aliphatic heterocycles. The third kappa shape index (κ3) is 4.78. The molecule has 0 heterocycles. The predicted molar refractivity (Wildman–Crippen MR) is 108 cm³/mol. The molecule has 0 unspecified atom stereocenters. The van der Waals surface area contributed by atoms with Crippen LogP contribution in [0.5, 0.6) is 0 Å². The molecule has 28 heavy (non-hydrogen) atoms. The number of hydrogen-bond donors (Lipinski definition) is 1. The van der Waals surface area contributed by atoms with Crippen LogP contribution in [0.1, 0.15) is 40.9 Å². The van der Waals surface area contributed by atoms with Crippen molar-refractivity contribution in [1.82, 2.24) is 0 Å². The molecule has 0 aromatic heterocycles. The van der Waals surface area contributed by atoms with Crippen LogP contribution in [0.3, 0.4) is 0 Å². The highest BCUT2D eigenvalue weighted by atomic mass is 32.2. The maximum absolute atomic E-state index is 12.5. The van der Waals surface area contributed by atoms with Gasteiger partial charge in [-0.25, -0.2) is 13.2 Å². The lowest BCUT2D eigenvalue weighted by Crippen LogP contribution is -2.31. The van der Waals surface area contributed by atoms with Crippen molar-refractivity contribution in [3.63, 3.8) is 0 Å². The Kier molecular flexibility index (Phi) is 6.61. The number of sulfone groups is 1. The second-order valence-corrected chi connectivity index (χ2v) is 8.96. The highest BCUT2D eigenvalue weighted by Gasteiger charge is 2.25. The number of esters is 1. The van der Waals surface area contributed by atoms with Crippen molar-refractivity contribution < 1.29 is 22.7 Å². The summed E-state index contributed by atoms with van der Waals surface area (Å²) in [6.45, 7) is 8.69. The minimum Gasteiger partial charge on any atom is -0.449 e. The van der Waals surface area contributed by atoms with Crippen molar-refractivity contribution in [3.05, 3.63) is 58.7 Å². The second-order valence-electron chi connectivity index (χ2n) is 6.71. The van der Waals surface area contributed by atoms with Crippen molar-refractivity contribution >= 4 is 27.4 Å². The van der Waals surface area contributed by atoms with Crippen molar-refractivity contribution in [2.45, 2.75) is 45.6 Å². The van der Waals surface area contributed by atoms with Gasteiger partial charge in [0.05, 0.1) is 16.2 Å². The number of amides is 1. The first-order valence-electron chi connectivity index (χ1n) is 8.98. The number of nitrogens with one attached hydrogen (secondary N) is 1. The van der Waals surface area contributed by atoms with E-state index in [0.717, 1.165) is 16.7 Å². The van der Waals surface area contributed by atoms with Crippen molar-refractivity contribution in [3.8, 4) is 0 Å². The Bertz CT molecular complexity index is 988. The van der Waals surface area contributed by atoms with Crippen LogP contribution >= 0.6 is 0 Å². The third-order valence-electron chi connectivity index (χ3n) is 4.40. The van der Waals surface area contributed by atoms with Crippen LogP contribution in [0.15, 0.2) is 41.3 Å². The zero-order valence-corrected chi connectivity index (χ0v) is 17.5. The lowest BCUT2D eigenvalue weighted by molar-refractivity contribution is -0.123. The van der Waals surface area contributed by atoms with Gasteiger partial charge in [-0.3, -0.25) is 4.79 Å². The van der Waals surface area contributed by atoms with Crippen LogP contribution in [0.4, 0.5) is 5.69 Å². The number of carbonyl (C=O) groups excluding carboxylic acids is 2. The van der Waals surface area contributed by atoms with Crippen LogP contribution in [0.2, 0.25) is 0 Å². The van der Waals surface area contributed by atoms with E-state index in [0.29, 0.717) is 5.69 Å². The SMILES string of the molecule is CCS(=O)(=O)c1ccccc1C(=O)O[C@H](C)C(=O)Nc1c(C)cc(C)cc1C. The predicted octanol–water partition coefficient (Wildman–Crippen LogP) is 3.59. The Morgan fingerprint density at radius 2 is 1.64 bits per heavy atom. The molecule has 0 aliphatic rings. The summed E-state index contributed by atoms with van der Waals surface area (Å²) in [5.41, 5.74) is 3.49. The maximum Gasteiger partial charge on any atom is 0.340 e. The van der Waals surface area contributed by atoms with E-state index in [4.69, 9.17) is 4.74 Å². The Balaban J connectivity index is 2.19. The smallest absolute Gasteiger partial charge is 0.340 e. The zero-order chi connectivity index (χ0) is 21.1. The van der Waals surface area contributed by atoms with Crippen molar-refractivity contribution in [1.29, 1.82) is 0 Å². The van der Waals surface area contributed by atoms with Crippen LogP contribution in [0, 0.1) is 20.8 Å². The number of ether oxygens (including phenoxy) is 1. The summed E-state index contributed by atoms with van der Waals surface area (Å²) < 4.78 is 29.6. The summed E-state index contributed by atoms with van der Waals surface area (Å²) >= 11 is 0. The first-order chi connectivity index (χ1) is 13.1. The summed E-state index contributed by atoms with van der Waals surface area (Å²) in [4.78, 5) is 24.9. The minimum atomic E-state index is -3.60. The molecular weight excluding hydrogens is 378 g/mol. The van der Waals surface area contributed by atoms with Crippen LogP contribution in [-0.4, -0.2) is 32.2 Å². The fraction of sp³-hybridized carbons (Fsp3) is 0.333. The summed E-state index contributed by atoms with van der Waals surface area (Å²) in [6.07, 6.45) is -1.09. The van der Waals surface area contributed by atoms with Gasteiger partial charge in [-0.05, 0) is 51.0 Å². The molecule has 0 bridgehead atoms. The van der Waals surface area contributed by atoms with E-state index in [1.165, 1.54) is 26.0 Å². The van der Waals surface area contributed by atoms with Gasteiger partial charge in [0.2, 0.25) is 0 Å². The Labute approximate surface area is 165 Å². The summed E-state index contributed by atoms with van der Waals surface area (Å²) in [6, 6.07) is 9.73. The maximum atomic E-state index is 12.5. The first kappa shape index (κ1) is 21.6. The van der Waals surface area contributed by atoms with Gasteiger partial charge >= 0.3 is 5.97 Å². The topological polar surface area (TPSA) is 89.5 Å². The number of benzene rings is 2. The lowest BCUT2D eigenvalue weighted by atomic mass is 10.0. The molecule has 0 saturated heterocycles. The normalized spacial score (nSPS) is 12.3. The molecule has 0 saturated carbocycles.